The van der Waals surface area contributed by atoms with Crippen LogP contribution in [0, 0.1) is 6.92 Å². The first-order valence-electron chi connectivity index (χ1n) is 6.60. The summed E-state index contributed by atoms with van der Waals surface area (Å²) in [7, 11) is 0. The molecule has 0 unspecified atom stereocenters. The van der Waals surface area contributed by atoms with E-state index in [0.29, 0.717) is 0 Å². The molecule has 0 aliphatic carbocycles. The Bertz CT molecular complexity index is 517. The van der Waals surface area contributed by atoms with Crippen molar-refractivity contribution in [2.24, 2.45) is 0 Å². The second-order valence-corrected chi connectivity index (χ2v) is 5.84. The molecule has 1 aliphatic rings. The van der Waals surface area contributed by atoms with Crippen LogP contribution in [0.5, 0.6) is 0 Å². The van der Waals surface area contributed by atoms with Crippen molar-refractivity contribution in [3.63, 3.8) is 0 Å². The van der Waals surface area contributed by atoms with E-state index in [1.54, 1.807) is 0 Å². The average Bonchev–Trinajstić information content (AvgIpc) is 2.86. The zero-order valence-electron chi connectivity index (χ0n) is 11.1. The molecule has 1 aliphatic heterocycles. The lowest BCUT2D eigenvalue weighted by Crippen LogP contribution is -2.46. The van der Waals surface area contributed by atoms with Crippen LogP contribution in [-0.4, -0.2) is 41.0 Å². The first kappa shape index (κ1) is 12.6. The maximum absolute atomic E-state index is 4.32. The summed E-state index contributed by atoms with van der Waals surface area (Å²) < 4.78 is 0. The summed E-state index contributed by atoms with van der Waals surface area (Å²) in [6.45, 7) is 7.45. The van der Waals surface area contributed by atoms with Crippen molar-refractivity contribution in [2.75, 3.05) is 31.1 Å². The number of rotatable bonds is 3. The minimum Gasteiger partial charge on any atom is -0.338 e. The molecular formula is C14H18N4S. The zero-order chi connectivity index (χ0) is 13.1. The molecule has 100 valence electrons. The Balaban J connectivity index is 1.57. The van der Waals surface area contributed by atoms with Gasteiger partial charge >= 0.3 is 0 Å². The number of hydrogen-bond acceptors (Lipinski definition) is 5. The highest BCUT2D eigenvalue weighted by atomic mass is 32.1. The van der Waals surface area contributed by atoms with Gasteiger partial charge in [0.2, 0.25) is 5.95 Å². The van der Waals surface area contributed by atoms with E-state index in [4.69, 9.17) is 0 Å². The van der Waals surface area contributed by atoms with Gasteiger partial charge in [-0.1, -0.05) is 0 Å². The van der Waals surface area contributed by atoms with E-state index in [2.05, 4.69) is 38.1 Å². The number of aryl methyl sites for hydroxylation is 1. The van der Waals surface area contributed by atoms with Gasteiger partial charge in [0.1, 0.15) is 0 Å². The van der Waals surface area contributed by atoms with Crippen molar-refractivity contribution < 1.29 is 0 Å². The molecule has 0 amide bonds. The van der Waals surface area contributed by atoms with E-state index in [0.717, 1.165) is 38.7 Å². The van der Waals surface area contributed by atoms with E-state index < -0.39 is 0 Å². The summed E-state index contributed by atoms with van der Waals surface area (Å²) in [6, 6.07) is 4.06. The van der Waals surface area contributed by atoms with Gasteiger partial charge in [-0.3, -0.25) is 4.90 Å². The normalized spacial score (nSPS) is 16.8. The van der Waals surface area contributed by atoms with E-state index in [1.807, 2.05) is 29.8 Å². The minimum absolute atomic E-state index is 0.856. The zero-order valence-corrected chi connectivity index (χ0v) is 11.9. The van der Waals surface area contributed by atoms with Crippen LogP contribution in [0.3, 0.4) is 0 Å². The van der Waals surface area contributed by atoms with Gasteiger partial charge in [-0.15, -0.1) is 11.3 Å². The SMILES string of the molecule is Cc1ccsc1CN1CCN(c2ncccn2)CC1. The quantitative estimate of drug-likeness (QED) is 0.858. The van der Waals surface area contributed by atoms with E-state index in [9.17, 15) is 0 Å². The van der Waals surface area contributed by atoms with E-state index in [-0.39, 0.29) is 0 Å². The molecule has 0 saturated carbocycles. The third kappa shape index (κ3) is 2.93. The molecule has 19 heavy (non-hydrogen) atoms. The summed E-state index contributed by atoms with van der Waals surface area (Å²) in [4.78, 5) is 14.9. The lowest BCUT2D eigenvalue weighted by atomic mass is 10.2. The molecule has 2 aromatic rings. The van der Waals surface area contributed by atoms with Crippen molar-refractivity contribution in [3.8, 4) is 0 Å². The topological polar surface area (TPSA) is 32.3 Å². The monoisotopic (exact) mass is 274 g/mol. The van der Waals surface area contributed by atoms with Crippen LogP contribution in [0.15, 0.2) is 29.9 Å². The highest BCUT2D eigenvalue weighted by Gasteiger charge is 2.19. The Morgan fingerprint density at radius 3 is 2.53 bits per heavy atom. The van der Waals surface area contributed by atoms with E-state index >= 15 is 0 Å². The fourth-order valence-electron chi connectivity index (χ4n) is 2.33. The molecule has 5 heteroatoms. The highest BCUT2D eigenvalue weighted by Crippen LogP contribution is 2.19. The van der Waals surface area contributed by atoms with Gasteiger partial charge in [-0.25, -0.2) is 9.97 Å². The lowest BCUT2D eigenvalue weighted by molar-refractivity contribution is 0.250. The van der Waals surface area contributed by atoms with Crippen molar-refractivity contribution in [2.45, 2.75) is 13.5 Å². The Morgan fingerprint density at radius 1 is 1.16 bits per heavy atom. The Morgan fingerprint density at radius 2 is 1.89 bits per heavy atom. The molecule has 0 N–H and O–H groups in total. The smallest absolute Gasteiger partial charge is 0.225 e. The summed E-state index contributed by atoms with van der Waals surface area (Å²) in [5.74, 6) is 0.856. The van der Waals surface area contributed by atoms with Crippen molar-refractivity contribution in [3.05, 3.63) is 40.3 Å². The third-order valence-electron chi connectivity index (χ3n) is 3.54. The largest absolute Gasteiger partial charge is 0.338 e. The molecule has 1 fully saturated rings. The lowest BCUT2D eigenvalue weighted by Gasteiger charge is -2.34. The minimum atomic E-state index is 0.856. The van der Waals surface area contributed by atoms with Gasteiger partial charge < -0.3 is 4.90 Å². The second-order valence-electron chi connectivity index (χ2n) is 4.84. The summed E-state index contributed by atoms with van der Waals surface area (Å²) in [5.41, 5.74) is 1.42. The summed E-state index contributed by atoms with van der Waals surface area (Å²) in [6.07, 6.45) is 3.62. The Kier molecular flexibility index (Phi) is 3.75. The average molecular weight is 274 g/mol. The number of piperazine rings is 1. The molecule has 1 saturated heterocycles. The summed E-state index contributed by atoms with van der Waals surface area (Å²) >= 11 is 1.86. The summed E-state index contributed by atoms with van der Waals surface area (Å²) in [5, 5.41) is 2.18. The van der Waals surface area contributed by atoms with Crippen LogP contribution < -0.4 is 4.90 Å². The third-order valence-corrected chi connectivity index (χ3v) is 4.55. The van der Waals surface area contributed by atoms with Gasteiger partial charge in [0.05, 0.1) is 0 Å². The molecule has 3 rings (SSSR count). The molecule has 2 aromatic heterocycles. The second kappa shape index (κ2) is 5.67. The predicted molar refractivity (Wildman–Crippen MR) is 78.6 cm³/mol. The highest BCUT2D eigenvalue weighted by molar-refractivity contribution is 7.10. The van der Waals surface area contributed by atoms with E-state index in [1.165, 1.54) is 10.4 Å². The molecule has 4 nitrogen and oxygen atoms in total. The number of hydrogen-bond donors (Lipinski definition) is 0. The maximum Gasteiger partial charge on any atom is 0.225 e. The van der Waals surface area contributed by atoms with Gasteiger partial charge in [0, 0.05) is 50.0 Å². The van der Waals surface area contributed by atoms with Crippen LogP contribution in [0.1, 0.15) is 10.4 Å². The standard InChI is InChI=1S/C14H18N4S/c1-12-3-10-19-13(12)11-17-6-8-18(9-7-17)14-15-4-2-5-16-14/h2-5,10H,6-9,11H2,1H3. The molecule has 0 aromatic carbocycles. The van der Waals surface area contributed by atoms with Gasteiger partial charge in [-0.05, 0) is 30.0 Å². The van der Waals surface area contributed by atoms with Gasteiger partial charge in [-0.2, -0.15) is 0 Å². The molecule has 0 radical (unpaired) electrons. The fourth-order valence-corrected chi connectivity index (χ4v) is 3.28. The predicted octanol–water partition coefficient (Wildman–Crippen LogP) is 2.17. The van der Waals surface area contributed by atoms with Crippen LogP contribution in [0.4, 0.5) is 5.95 Å². The Hall–Kier alpha value is -1.46. The first-order chi connectivity index (χ1) is 9.33. The molecule has 0 bridgehead atoms. The van der Waals surface area contributed by atoms with Gasteiger partial charge in [0.15, 0.2) is 0 Å². The molecular weight excluding hydrogens is 256 g/mol. The maximum atomic E-state index is 4.32. The fraction of sp³-hybridized carbons (Fsp3) is 0.429. The van der Waals surface area contributed by atoms with Crippen LogP contribution in [-0.2, 0) is 6.54 Å². The van der Waals surface area contributed by atoms with Crippen molar-refractivity contribution >= 4 is 17.3 Å². The molecule has 3 heterocycles. The Labute approximate surface area is 117 Å². The molecule has 0 atom stereocenters. The van der Waals surface area contributed by atoms with Crippen LogP contribution >= 0.6 is 11.3 Å². The number of nitrogens with zero attached hydrogens (tertiary/aromatic N) is 4. The van der Waals surface area contributed by atoms with Crippen molar-refractivity contribution in [1.29, 1.82) is 0 Å². The number of anilines is 1. The van der Waals surface area contributed by atoms with Crippen molar-refractivity contribution in [1.82, 2.24) is 14.9 Å². The first-order valence-corrected chi connectivity index (χ1v) is 7.48. The van der Waals surface area contributed by atoms with Crippen LogP contribution in [0.25, 0.3) is 0 Å². The molecule has 0 spiro atoms. The van der Waals surface area contributed by atoms with Crippen LogP contribution in [0.2, 0.25) is 0 Å². The number of thiophene rings is 1. The van der Waals surface area contributed by atoms with Gasteiger partial charge in [0.25, 0.3) is 0 Å². The number of aromatic nitrogens is 2.